The van der Waals surface area contributed by atoms with Crippen LogP contribution in [0, 0.1) is 5.92 Å². The standard InChI is InChI=1S/C31H29N3O3/c35-30(36)16-11-22-5-4-8-27(19-22)34(31(37)25-6-2-1-3-7-25)21-23-9-12-24(13-10-23)26-14-15-28-29(20-26)33-18-17-32-28/h4-5,8-20,25H,1-3,6-7,21H2,(H,35,36)/b16-11+/i21D. The SMILES string of the molecule is [2H]C(c1ccc(-c2ccc3nccnc3c2)cc1)N(C(=O)C1CCCCC1)c1cccc(/C=C/C(=O)O)c1. The van der Waals surface area contributed by atoms with Gasteiger partial charge in [0.25, 0.3) is 0 Å². The van der Waals surface area contributed by atoms with Crippen LogP contribution in [0.5, 0.6) is 0 Å². The number of hydrogen-bond donors (Lipinski definition) is 1. The Labute approximate surface area is 217 Å². The molecule has 6 heteroatoms. The first-order valence-corrected chi connectivity index (χ1v) is 12.6. The average molecular weight is 493 g/mol. The van der Waals surface area contributed by atoms with Crippen molar-refractivity contribution in [2.75, 3.05) is 4.90 Å². The predicted octanol–water partition coefficient (Wildman–Crippen LogP) is 6.51. The Morgan fingerprint density at radius 3 is 2.41 bits per heavy atom. The van der Waals surface area contributed by atoms with Crippen molar-refractivity contribution in [1.82, 2.24) is 9.97 Å². The molecule has 1 fully saturated rings. The highest BCUT2D eigenvalue weighted by Crippen LogP contribution is 2.30. The molecule has 3 aromatic carbocycles. The van der Waals surface area contributed by atoms with E-state index in [4.69, 9.17) is 6.48 Å². The Kier molecular flexibility index (Phi) is 6.97. The third-order valence-electron chi connectivity index (χ3n) is 6.75. The summed E-state index contributed by atoms with van der Waals surface area (Å²) in [6.07, 6.45) is 10.7. The summed E-state index contributed by atoms with van der Waals surface area (Å²) in [6, 6.07) is 20.8. The van der Waals surface area contributed by atoms with Gasteiger partial charge in [-0.3, -0.25) is 14.8 Å². The van der Waals surface area contributed by atoms with Crippen molar-refractivity contribution in [2.45, 2.75) is 38.6 Å². The van der Waals surface area contributed by atoms with E-state index in [9.17, 15) is 9.59 Å². The minimum Gasteiger partial charge on any atom is -0.478 e. The van der Waals surface area contributed by atoms with Crippen molar-refractivity contribution in [3.63, 3.8) is 0 Å². The summed E-state index contributed by atoms with van der Waals surface area (Å²) in [5.41, 5.74) is 5.58. The molecule has 0 radical (unpaired) electrons. The number of aromatic nitrogens is 2. The lowest BCUT2D eigenvalue weighted by Crippen LogP contribution is -2.36. The fraction of sp³-hybridized carbons (Fsp3) is 0.226. The van der Waals surface area contributed by atoms with Crippen molar-refractivity contribution >= 4 is 34.7 Å². The van der Waals surface area contributed by atoms with Crippen molar-refractivity contribution in [2.24, 2.45) is 5.92 Å². The molecule has 0 bridgehead atoms. The van der Waals surface area contributed by atoms with E-state index in [2.05, 4.69) is 9.97 Å². The molecule has 0 aliphatic heterocycles. The van der Waals surface area contributed by atoms with Gasteiger partial charge in [0, 0.05) is 30.1 Å². The Morgan fingerprint density at radius 2 is 1.65 bits per heavy atom. The lowest BCUT2D eigenvalue weighted by atomic mass is 9.88. The number of nitrogens with zero attached hydrogens (tertiary/aromatic N) is 3. The molecule has 1 aromatic heterocycles. The molecular weight excluding hydrogens is 462 g/mol. The number of fused-ring (bicyclic) bond motifs is 1. The maximum Gasteiger partial charge on any atom is 0.328 e. The normalized spacial score (nSPS) is 15.4. The van der Waals surface area contributed by atoms with Crippen LogP contribution in [0.1, 0.15) is 44.6 Å². The molecule has 186 valence electrons. The van der Waals surface area contributed by atoms with Crippen LogP contribution in [0.25, 0.3) is 28.2 Å². The molecule has 6 nitrogen and oxygen atoms in total. The summed E-state index contributed by atoms with van der Waals surface area (Å²) in [5.74, 6) is -1.21. The molecule has 1 heterocycles. The minimum atomic E-state index is -1.04. The van der Waals surface area contributed by atoms with Gasteiger partial charge in [0.05, 0.1) is 18.9 Å². The number of carbonyl (C=O) groups excluding carboxylic acids is 1. The number of aliphatic carboxylic acids is 1. The summed E-state index contributed by atoms with van der Waals surface area (Å²) in [6.45, 7) is -0.945. The van der Waals surface area contributed by atoms with Crippen LogP contribution in [-0.4, -0.2) is 27.0 Å². The molecule has 5 rings (SSSR count). The molecule has 1 atom stereocenters. The minimum absolute atomic E-state index is 0.0544. The molecule has 1 saturated carbocycles. The quantitative estimate of drug-likeness (QED) is 0.297. The molecule has 4 aromatic rings. The average Bonchev–Trinajstić information content (AvgIpc) is 2.96. The molecule has 1 aliphatic rings. The maximum absolute atomic E-state index is 13.8. The van der Waals surface area contributed by atoms with Gasteiger partial charge in [0.15, 0.2) is 0 Å². The fourth-order valence-corrected chi connectivity index (χ4v) is 4.81. The Balaban J connectivity index is 1.46. The zero-order valence-electron chi connectivity index (χ0n) is 21.5. The van der Waals surface area contributed by atoms with Gasteiger partial charge in [0.2, 0.25) is 5.91 Å². The van der Waals surface area contributed by atoms with E-state index in [1.807, 2.05) is 48.5 Å². The van der Waals surface area contributed by atoms with Crippen LogP contribution < -0.4 is 4.90 Å². The number of carboxylic acid groups (broad SMARTS) is 1. The molecule has 1 amide bonds. The van der Waals surface area contributed by atoms with Crippen LogP contribution in [0.3, 0.4) is 0 Å². The predicted molar refractivity (Wildman–Crippen MR) is 146 cm³/mol. The first kappa shape index (κ1) is 23.1. The van der Waals surface area contributed by atoms with E-state index in [0.717, 1.165) is 60.3 Å². The van der Waals surface area contributed by atoms with Crippen molar-refractivity contribution < 1.29 is 16.1 Å². The first-order valence-electron chi connectivity index (χ1n) is 13.1. The highest BCUT2D eigenvalue weighted by molar-refractivity contribution is 5.95. The van der Waals surface area contributed by atoms with E-state index >= 15 is 0 Å². The topological polar surface area (TPSA) is 83.4 Å². The van der Waals surface area contributed by atoms with E-state index < -0.39 is 12.5 Å². The van der Waals surface area contributed by atoms with E-state index in [1.54, 1.807) is 35.5 Å². The lowest BCUT2D eigenvalue weighted by molar-refractivity contribution is -0.131. The van der Waals surface area contributed by atoms with Crippen LogP contribution in [-0.2, 0) is 16.1 Å². The van der Waals surface area contributed by atoms with Crippen molar-refractivity contribution in [3.8, 4) is 11.1 Å². The second-order valence-electron chi connectivity index (χ2n) is 9.32. The monoisotopic (exact) mass is 492 g/mol. The summed E-state index contributed by atoms with van der Waals surface area (Å²) in [7, 11) is 0. The summed E-state index contributed by atoms with van der Waals surface area (Å²) in [4.78, 5) is 35.1. The third-order valence-corrected chi connectivity index (χ3v) is 6.75. The van der Waals surface area contributed by atoms with Crippen LogP contribution >= 0.6 is 0 Å². The van der Waals surface area contributed by atoms with E-state index in [0.29, 0.717) is 16.8 Å². The van der Waals surface area contributed by atoms with Gasteiger partial charge in [0.1, 0.15) is 0 Å². The summed E-state index contributed by atoms with van der Waals surface area (Å²) in [5, 5.41) is 9.02. The van der Waals surface area contributed by atoms with Crippen LogP contribution in [0.15, 0.2) is 85.2 Å². The third kappa shape index (κ3) is 5.92. The van der Waals surface area contributed by atoms with Crippen LogP contribution in [0.4, 0.5) is 5.69 Å². The number of anilines is 1. The maximum atomic E-state index is 13.8. The van der Waals surface area contributed by atoms with Gasteiger partial charge in [-0.1, -0.05) is 61.7 Å². The molecule has 1 unspecified atom stereocenters. The molecule has 0 saturated heterocycles. The zero-order chi connectivity index (χ0) is 26.5. The molecule has 0 spiro atoms. The number of hydrogen-bond acceptors (Lipinski definition) is 4. The van der Waals surface area contributed by atoms with Crippen LogP contribution in [0.2, 0.25) is 0 Å². The van der Waals surface area contributed by atoms with E-state index in [-0.39, 0.29) is 11.8 Å². The lowest BCUT2D eigenvalue weighted by Gasteiger charge is -2.30. The van der Waals surface area contributed by atoms with Crippen molar-refractivity contribution in [1.29, 1.82) is 0 Å². The highest BCUT2D eigenvalue weighted by atomic mass is 16.4. The smallest absolute Gasteiger partial charge is 0.328 e. The number of carboxylic acids is 1. The van der Waals surface area contributed by atoms with Gasteiger partial charge in [-0.15, -0.1) is 0 Å². The molecule has 1 N–H and O–H groups in total. The molecule has 37 heavy (non-hydrogen) atoms. The molecular formula is C31H29N3O3. The Bertz CT molecular complexity index is 1480. The summed E-state index contributed by atoms with van der Waals surface area (Å²) < 4.78 is 9.16. The van der Waals surface area contributed by atoms with Gasteiger partial charge >= 0.3 is 5.97 Å². The fourth-order valence-electron chi connectivity index (χ4n) is 4.81. The highest BCUT2D eigenvalue weighted by Gasteiger charge is 2.27. The van der Waals surface area contributed by atoms with E-state index in [1.165, 1.54) is 6.08 Å². The second-order valence-corrected chi connectivity index (χ2v) is 9.32. The van der Waals surface area contributed by atoms with Gasteiger partial charge in [-0.25, -0.2) is 4.79 Å². The largest absolute Gasteiger partial charge is 0.478 e. The number of carbonyl (C=O) groups is 2. The number of rotatable bonds is 7. The van der Waals surface area contributed by atoms with Gasteiger partial charge < -0.3 is 10.0 Å². The second kappa shape index (κ2) is 11.2. The van der Waals surface area contributed by atoms with Crippen molar-refractivity contribution in [3.05, 3.63) is 96.3 Å². The number of benzene rings is 3. The first-order chi connectivity index (χ1) is 18.5. The summed E-state index contributed by atoms with van der Waals surface area (Å²) >= 11 is 0. The molecule has 1 aliphatic carbocycles. The van der Waals surface area contributed by atoms with Gasteiger partial charge in [-0.2, -0.15) is 0 Å². The Morgan fingerprint density at radius 1 is 0.919 bits per heavy atom. The Hall–Kier alpha value is -4.32. The zero-order valence-corrected chi connectivity index (χ0v) is 20.5. The van der Waals surface area contributed by atoms with Gasteiger partial charge in [-0.05, 0) is 65.4 Å². The number of amides is 1.